The monoisotopic (exact) mass is 263 g/mol. The molecule has 1 unspecified atom stereocenters. The summed E-state index contributed by atoms with van der Waals surface area (Å²) < 4.78 is 0. The summed E-state index contributed by atoms with van der Waals surface area (Å²) in [5.74, 6) is -0.847. The van der Waals surface area contributed by atoms with E-state index in [0.29, 0.717) is 13.0 Å². The van der Waals surface area contributed by atoms with Crippen LogP contribution in [0.15, 0.2) is 18.2 Å². The van der Waals surface area contributed by atoms with Crippen LogP contribution in [0.25, 0.3) is 0 Å². The molecule has 6 heteroatoms. The number of carboxylic acid groups (broad SMARTS) is 1. The van der Waals surface area contributed by atoms with Crippen LogP contribution in [0.1, 0.15) is 30.0 Å². The fourth-order valence-electron chi connectivity index (χ4n) is 2.08. The number of amides is 2. The van der Waals surface area contributed by atoms with Crippen molar-refractivity contribution in [3.8, 4) is 0 Å². The molecule has 6 nitrogen and oxygen atoms in total. The van der Waals surface area contributed by atoms with Crippen LogP contribution >= 0.6 is 0 Å². The first-order valence-electron chi connectivity index (χ1n) is 6.09. The number of anilines is 1. The van der Waals surface area contributed by atoms with E-state index in [1.165, 1.54) is 0 Å². The molecule has 0 spiro atoms. The van der Waals surface area contributed by atoms with Crippen molar-refractivity contribution in [1.82, 2.24) is 4.90 Å². The molecule has 0 fully saturated rings. The number of hydrogen-bond donors (Lipinski definition) is 3. The van der Waals surface area contributed by atoms with Crippen LogP contribution in [0.4, 0.5) is 10.5 Å². The van der Waals surface area contributed by atoms with E-state index >= 15 is 0 Å². The van der Waals surface area contributed by atoms with Crippen molar-refractivity contribution in [2.75, 3.05) is 12.4 Å². The van der Waals surface area contributed by atoms with Crippen LogP contribution in [0.5, 0.6) is 0 Å². The quantitative estimate of drug-likeness (QED) is 0.767. The molecule has 0 radical (unpaired) electrons. The van der Waals surface area contributed by atoms with E-state index in [4.69, 9.17) is 10.8 Å². The molecule has 1 atom stereocenters. The molecule has 2 rings (SSSR count). The number of urea groups is 1. The number of benzene rings is 1. The van der Waals surface area contributed by atoms with Gasteiger partial charge in [0.2, 0.25) is 0 Å². The Morgan fingerprint density at radius 3 is 3.00 bits per heavy atom. The van der Waals surface area contributed by atoms with Gasteiger partial charge in [-0.2, -0.15) is 0 Å². The van der Waals surface area contributed by atoms with E-state index in [2.05, 4.69) is 5.32 Å². The minimum absolute atomic E-state index is 0.0505. The molecular weight excluding hydrogens is 246 g/mol. The normalized spacial score (nSPS) is 15.7. The Bertz CT molecular complexity index is 516. The van der Waals surface area contributed by atoms with Crippen molar-refractivity contribution in [3.63, 3.8) is 0 Å². The zero-order valence-electron chi connectivity index (χ0n) is 10.7. The van der Waals surface area contributed by atoms with Gasteiger partial charge in [-0.1, -0.05) is 12.1 Å². The number of aliphatic carboxylic acids is 1. The number of fused-ring (bicyclic) bond motifs is 1. The molecule has 19 heavy (non-hydrogen) atoms. The predicted molar refractivity (Wildman–Crippen MR) is 70.7 cm³/mol. The third kappa shape index (κ3) is 3.03. The number of nitrogens with one attached hydrogen (secondary N) is 1. The molecule has 2 amide bonds. The molecule has 0 bridgehead atoms. The van der Waals surface area contributed by atoms with Gasteiger partial charge in [0.25, 0.3) is 0 Å². The summed E-state index contributed by atoms with van der Waals surface area (Å²) in [5, 5.41) is 11.4. The van der Waals surface area contributed by atoms with E-state index in [1.54, 1.807) is 11.9 Å². The zero-order valence-corrected chi connectivity index (χ0v) is 10.7. The van der Waals surface area contributed by atoms with Crippen LogP contribution in [0, 0.1) is 0 Å². The van der Waals surface area contributed by atoms with Gasteiger partial charge in [0, 0.05) is 31.7 Å². The molecule has 4 N–H and O–H groups in total. The van der Waals surface area contributed by atoms with Gasteiger partial charge in [-0.05, 0) is 23.6 Å². The average molecular weight is 263 g/mol. The van der Waals surface area contributed by atoms with Gasteiger partial charge in [0.1, 0.15) is 0 Å². The molecule has 1 aliphatic heterocycles. The molecule has 0 aromatic heterocycles. The smallest absolute Gasteiger partial charge is 0.321 e. The van der Waals surface area contributed by atoms with Crippen molar-refractivity contribution in [2.45, 2.75) is 25.4 Å². The van der Waals surface area contributed by atoms with Crippen LogP contribution < -0.4 is 11.1 Å². The lowest BCUT2D eigenvalue weighted by Gasteiger charge is -2.27. The van der Waals surface area contributed by atoms with Crippen LogP contribution in [-0.4, -0.2) is 29.1 Å². The number of carbonyl (C=O) groups excluding carboxylic acids is 1. The first-order chi connectivity index (χ1) is 8.97. The molecule has 0 saturated heterocycles. The Hall–Kier alpha value is -2.08. The molecule has 102 valence electrons. The van der Waals surface area contributed by atoms with Crippen molar-refractivity contribution in [1.29, 1.82) is 0 Å². The number of nitrogens with zero attached hydrogens (tertiary/aromatic N) is 1. The highest BCUT2D eigenvalue weighted by Crippen LogP contribution is 2.26. The van der Waals surface area contributed by atoms with Gasteiger partial charge in [-0.25, -0.2) is 4.79 Å². The first-order valence-corrected chi connectivity index (χ1v) is 6.09. The number of rotatable bonds is 4. The molecule has 0 aliphatic carbocycles. The third-order valence-corrected chi connectivity index (χ3v) is 3.22. The summed E-state index contributed by atoms with van der Waals surface area (Å²) >= 11 is 0. The second kappa shape index (κ2) is 5.27. The third-order valence-electron chi connectivity index (χ3n) is 3.22. The number of nitrogens with two attached hydrogens (primary N) is 1. The summed E-state index contributed by atoms with van der Waals surface area (Å²) in [6, 6.07) is 5.14. The summed E-state index contributed by atoms with van der Waals surface area (Å²) in [5.41, 5.74) is 8.65. The standard InChI is InChI=1S/C13H17N3O3/c1-16-7-9-6-8(10(14)3-5-12(17)18)2-4-11(9)15-13(16)19/h2,4,6,10H,3,5,7,14H2,1H3,(H,15,19)(H,17,18). The maximum absolute atomic E-state index is 11.5. The van der Waals surface area contributed by atoms with E-state index in [-0.39, 0.29) is 18.5 Å². The maximum atomic E-state index is 11.5. The highest BCUT2D eigenvalue weighted by molar-refractivity contribution is 5.92. The van der Waals surface area contributed by atoms with Crippen LogP contribution in [-0.2, 0) is 11.3 Å². The predicted octanol–water partition coefficient (Wildman–Crippen LogP) is 1.53. The Morgan fingerprint density at radius 1 is 1.58 bits per heavy atom. The molecule has 1 aliphatic rings. The van der Waals surface area contributed by atoms with Gasteiger partial charge >= 0.3 is 12.0 Å². The van der Waals surface area contributed by atoms with Gasteiger partial charge in [-0.3, -0.25) is 4.79 Å². The Balaban J connectivity index is 2.14. The minimum Gasteiger partial charge on any atom is -0.481 e. The van der Waals surface area contributed by atoms with Gasteiger partial charge < -0.3 is 21.1 Å². The second-order valence-electron chi connectivity index (χ2n) is 4.74. The minimum atomic E-state index is -0.847. The molecule has 1 aromatic rings. The lowest BCUT2D eigenvalue weighted by Crippen LogP contribution is -2.35. The van der Waals surface area contributed by atoms with Crippen LogP contribution in [0.2, 0.25) is 0 Å². The number of hydrogen-bond acceptors (Lipinski definition) is 3. The summed E-state index contributed by atoms with van der Waals surface area (Å²) in [6.45, 7) is 0.528. The van der Waals surface area contributed by atoms with E-state index in [9.17, 15) is 9.59 Å². The maximum Gasteiger partial charge on any atom is 0.321 e. The average Bonchev–Trinajstić information content (AvgIpc) is 2.36. The van der Waals surface area contributed by atoms with Gasteiger partial charge in [-0.15, -0.1) is 0 Å². The van der Waals surface area contributed by atoms with Crippen molar-refractivity contribution < 1.29 is 14.7 Å². The van der Waals surface area contributed by atoms with E-state index in [1.807, 2.05) is 18.2 Å². The Labute approximate surface area is 111 Å². The molecule has 1 aromatic carbocycles. The summed E-state index contributed by atoms with van der Waals surface area (Å²) in [7, 11) is 1.72. The summed E-state index contributed by atoms with van der Waals surface area (Å²) in [6.07, 6.45) is 0.450. The van der Waals surface area contributed by atoms with Gasteiger partial charge in [0.05, 0.1) is 0 Å². The van der Waals surface area contributed by atoms with Crippen molar-refractivity contribution >= 4 is 17.7 Å². The summed E-state index contributed by atoms with van der Waals surface area (Å²) in [4.78, 5) is 23.6. The Kier molecular flexibility index (Phi) is 3.71. The van der Waals surface area contributed by atoms with E-state index in [0.717, 1.165) is 16.8 Å². The highest BCUT2D eigenvalue weighted by atomic mass is 16.4. The number of carbonyl (C=O) groups is 2. The zero-order chi connectivity index (χ0) is 14.0. The second-order valence-corrected chi connectivity index (χ2v) is 4.74. The van der Waals surface area contributed by atoms with Crippen molar-refractivity contribution in [3.05, 3.63) is 29.3 Å². The van der Waals surface area contributed by atoms with Crippen LogP contribution in [0.3, 0.4) is 0 Å². The van der Waals surface area contributed by atoms with E-state index < -0.39 is 5.97 Å². The lowest BCUT2D eigenvalue weighted by molar-refractivity contribution is -0.137. The Morgan fingerprint density at radius 2 is 2.32 bits per heavy atom. The molecular formula is C13H17N3O3. The molecule has 1 heterocycles. The highest BCUT2D eigenvalue weighted by Gasteiger charge is 2.20. The van der Waals surface area contributed by atoms with Crippen molar-refractivity contribution in [2.24, 2.45) is 5.73 Å². The van der Waals surface area contributed by atoms with Gasteiger partial charge in [0.15, 0.2) is 0 Å². The first kappa shape index (κ1) is 13.4. The molecule has 0 saturated carbocycles. The lowest BCUT2D eigenvalue weighted by atomic mass is 9.99. The topological polar surface area (TPSA) is 95.7 Å². The number of carboxylic acids is 1. The SMILES string of the molecule is CN1Cc2cc(C(N)CCC(=O)O)ccc2NC1=O. The fraction of sp³-hybridized carbons (Fsp3) is 0.385. The largest absolute Gasteiger partial charge is 0.481 e. The fourth-order valence-corrected chi connectivity index (χ4v) is 2.08.